The summed E-state index contributed by atoms with van der Waals surface area (Å²) in [5.74, 6) is -1.22. The van der Waals surface area contributed by atoms with Gasteiger partial charge in [0.15, 0.2) is 0 Å². The van der Waals surface area contributed by atoms with Crippen LogP contribution in [0, 0.1) is 5.92 Å². The predicted octanol–water partition coefficient (Wildman–Crippen LogP) is 3.64. The van der Waals surface area contributed by atoms with Crippen LogP contribution in [0.3, 0.4) is 0 Å². The predicted molar refractivity (Wildman–Crippen MR) is 71.4 cm³/mol. The lowest BCUT2D eigenvalue weighted by Gasteiger charge is -2.21. The van der Waals surface area contributed by atoms with Crippen LogP contribution in [0.4, 0.5) is 8.78 Å². The van der Waals surface area contributed by atoms with E-state index in [0.717, 1.165) is 0 Å². The summed E-state index contributed by atoms with van der Waals surface area (Å²) in [5, 5.41) is 10.3. The molecule has 0 aliphatic rings. The molecular formula is C15H20F2O3. The molecule has 0 aliphatic carbocycles. The number of rotatable bonds is 7. The van der Waals surface area contributed by atoms with Crippen molar-refractivity contribution >= 4 is 5.97 Å². The third-order valence-corrected chi connectivity index (χ3v) is 3.07. The summed E-state index contributed by atoms with van der Waals surface area (Å²) >= 11 is 0. The van der Waals surface area contributed by atoms with Crippen molar-refractivity contribution in [3.05, 3.63) is 35.4 Å². The quantitative estimate of drug-likeness (QED) is 0.778. The summed E-state index contributed by atoms with van der Waals surface area (Å²) < 4.78 is 30.3. The fourth-order valence-corrected chi connectivity index (χ4v) is 2.08. The third kappa shape index (κ3) is 4.27. The maximum atomic E-state index is 12.7. The van der Waals surface area contributed by atoms with Gasteiger partial charge in [0.05, 0.1) is 18.6 Å². The molecule has 1 rings (SSSR count). The molecule has 2 atom stereocenters. The molecule has 0 amide bonds. The van der Waals surface area contributed by atoms with Gasteiger partial charge in [-0.1, -0.05) is 31.5 Å². The lowest BCUT2D eigenvalue weighted by Crippen LogP contribution is -2.24. The van der Waals surface area contributed by atoms with Crippen molar-refractivity contribution < 1.29 is 23.4 Å². The number of benzene rings is 1. The van der Waals surface area contributed by atoms with E-state index in [1.54, 1.807) is 13.0 Å². The second-order valence-electron chi connectivity index (χ2n) is 4.56. The van der Waals surface area contributed by atoms with Gasteiger partial charge < -0.3 is 9.84 Å². The van der Waals surface area contributed by atoms with Gasteiger partial charge >= 0.3 is 5.97 Å². The molecule has 0 radical (unpaired) electrons. The molecular weight excluding hydrogens is 266 g/mol. The minimum absolute atomic E-state index is 0.166. The Morgan fingerprint density at radius 2 is 1.95 bits per heavy atom. The molecule has 0 aliphatic heterocycles. The number of carbonyl (C=O) groups is 1. The number of hydrogen-bond acceptors (Lipinski definition) is 3. The second kappa shape index (κ2) is 7.94. The largest absolute Gasteiger partial charge is 0.466 e. The zero-order valence-electron chi connectivity index (χ0n) is 11.7. The monoisotopic (exact) mass is 286 g/mol. The SMILES string of the molecule is CCCC(C(=O)OCC)C(O)c1cccc(C(F)F)c1. The van der Waals surface area contributed by atoms with Crippen LogP contribution in [-0.2, 0) is 9.53 Å². The topological polar surface area (TPSA) is 46.5 Å². The van der Waals surface area contributed by atoms with Gasteiger partial charge in [0, 0.05) is 5.56 Å². The van der Waals surface area contributed by atoms with Crippen molar-refractivity contribution in [3.8, 4) is 0 Å². The first-order chi connectivity index (χ1) is 9.51. The van der Waals surface area contributed by atoms with E-state index >= 15 is 0 Å². The van der Waals surface area contributed by atoms with Gasteiger partial charge in [-0.05, 0) is 25.0 Å². The van der Waals surface area contributed by atoms with Crippen molar-refractivity contribution in [2.24, 2.45) is 5.92 Å². The highest BCUT2D eigenvalue weighted by molar-refractivity contribution is 5.73. The zero-order chi connectivity index (χ0) is 15.1. The molecule has 0 aromatic heterocycles. The van der Waals surface area contributed by atoms with Crippen molar-refractivity contribution in [2.45, 2.75) is 39.2 Å². The highest BCUT2D eigenvalue weighted by atomic mass is 19.3. The van der Waals surface area contributed by atoms with Crippen LogP contribution in [0.1, 0.15) is 50.3 Å². The Balaban J connectivity index is 2.96. The van der Waals surface area contributed by atoms with Gasteiger partial charge in [0.25, 0.3) is 6.43 Å². The van der Waals surface area contributed by atoms with Crippen molar-refractivity contribution in [1.82, 2.24) is 0 Å². The molecule has 20 heavy (non-hydrogen) atoms. The van der Waals surface area contributed by atoms with E-state index < -0.39 is 24.4 Å². The van der Waals surface area contributed by atoms with Crippen LogP contribution in [0.5, 0.6) is 0 Å². The van der Waals surface area contributed by atoms with E-state index in [-0.39, 0.29) is 12.2 Å². The molecule has 0 bridgehead atoms. The summed E-state index contributed by atoms with van der Waals surface area (Å²) in [6.07, 6.45) is -2.60. The van der Waals surface area contributed by atoms with E-state index in [9.17, 15) is 18.7 Å². The van der Waals surface area contributed by atoms with Gasteiger partial charge in [-0.25, -0.2) is 8.78 Å². The maximum absolute atomic E-state index is 12.7. The van der Waals surface area contributed by atoms with Crippen LogP contribution in [0.15, 0.2) is 24.3 Å². The number of ether oxygens (including phenoxy) is 1. The minimum Gasteiger partial charge on any atom is -0.466 e. The number of esters is 1. The Hall–Kier alpha value is -1.49. The number of halogens is 2. The number of alkyl halides is 2. The lowest BCUT2D eigenvalue weighted by molar-refractivity contribution is -0.152. The first kappa shape index (κ1) is 16.6. The lowest BCUT2D eigenvalue weighted by atomic mass is 9.91. The Morgan fingerprint density at radius 3 is 2.50 bits per heavy atom. The molecule has 5 heteroatoms. The molecule has 0 fully saturated rings. The van der Waals surface area contributed by atoms with E-state index in [1.165, 1.54) is 18.2 Å². The van der Waals surface area contributed by atoms with E-state index in [0.29, 0.717) is 18.4 Å². The van der Waals surface area contributed by atoms with E-state index in [2.05, 4.69) is 0 Å². The molecule has 1 N–H and O–H groups in total. The minimum atomic E-state index is -2.60. The molecule has 1 aromatic rings. The molecule has 0 saturated heterocycles. The highest BCUT2D eigenvalue weighted by Gasteiger charge is 2.28. The summed E-state index contributed by atoms with van der Waals surface area (Å²) in [7, 11) is 0. The Kier molecular flexibility index (Phi) is 6.58. The highest BCUT2D eigenvalue weighted by Crippen LogP contribution is 2.29. The van der Waals surface area contributed by atoms with Gasteiger partial charge in [0.1, 0.15) is 0 Å². The fraction of sp³-hybridized carbons (Fsp3) is 0.533. The Labute approximate surface area is 117 Å². The normalized spacial score (nSPS) is 14.1. The first-order valence-corrected chi connectivity index (χ1v) is 6.73. The summed E-state index contributed by atoms with van der Waals surface area (Å²) in [6, 6.07) is 5.52. The smallest absolute Gasteiger partial charge is 0.311 e. The number of aliphatic hydroxyl groups is 1. The average molecular weight is 286 g/mol. The Bertz CT molecular complexity index is 435. The van der Waals surface area contributed by atoms with E-state index in [4.69, 9.17) is 4.74 Å². The second-order valence-corrected chi connectivity index (χ2v) is 4.56. The molecule has 0 saturated carbocycles. The van der Waals surface area contributed by atoms with Gasteiger partial charge in [-0.15, -0.1) is 0 Å². The summed E-state index contributed by atoms with van der Waals surface area (Å²) in [4.78, 5) is 11.8. The molecule has 0 heterocycles. The van der Waals surface area contributed by atoms with Crippen molar-refractivity contribution in [1.29, 1.82) is 0 Å². The van der Waals surface area contributed by atoms with Crippen LogP contribution in [0.25, 0.3) is 0 Å². The van der Waals surface area contributed by atoms with Crippen LogP contribution in [0.2, 0.25) is 0 Å². The third-order valence-electron chi connectivity index (χ3n) is 3.07. The molecule has 2 unspecified atom stereocenters. The average Bonchev–Trinajstić information content (AvgIpc) is 2.44. The van der Waals surface area contributed by atoms with Crippen molar-refractivity contribution in [3.63, 3.8) is 0 Å². The fourth-order valence-electron chi connectivity index (χ4n) is 2.08. The number of hydrogen-bond donors (Lipinski definition) is 1. The maximum Gasteiger partial charge on any atom is 0.311 e. The summed E-state index contributed by atoms with van der Waals surface area (Å²) in [5.41, 5.74) is 0.148. The summed E-state index contributed by atoms with van der Waals surface area (Å²) in [6.45, 7) is 3.79. The number of aliphatic hydroxyl groups excluding tert-OH is 1. The number of carbonyl (C=O) groups excluding carboxylic acids is 1. The molecule has 0 spiro atoms. The van der Waals surface area contributed by atoms with Crippen LogP contribution < -0.4 is 0 Å². The van der Waals surface area contributed by atoms with Crippen molar-refractivity contribution in [2.75, 3.05) is 6.61 Å². The standard InChI is InChI=1S/C15H20F2O3/c1-3-6-12(15(19)20-4-2)13(18)10-7-5-8-11(9-10)14(16)17/h5,7-9,12-14,18H,3-4,6H2,1-2H3. The zero-order valence-corrected chi connectivity index (χ0v) is 11.7. The molecule has 1 aromatic carbocycles. The Morgan fingerprint density at radius 1 is 1.30 bits per heavy atom. The van der Waals surface area contributed by atoms with Gasteiger partial charge in [0.2, 0.25) is 0 Å². The van der Waals surface area contributed by atoms with E-state index in [1.807, 2.05) is 6.92 Å². The first-order valence-electron chi connectivity index (χ1n) is 6.73. The van der Waals surface area contributed by atoms with Crippen LogP contribution in [-0.4, -0.2) is 17.7 Å². The van der Waals surface area contributed by atoms with Crippen LogP contribution >= 0.6 is 0 Å². The van der Waals surface area contributed by atoms with Gasteiger partial charge in [-0.3, -0.25) is 4.79 Å². The van der Waals surface area contributed by atoms with Gasteiger partial charge in [-0.2, -0.15) is 0 Å². The molecule has 3 nitrogen and oxygen atoms in total. The molecule has 112 valence electrons.